The van der Waals surface area contributed by atoms with E-state index >= 15 is 0 Å². The van der Waals surface area contributed by atoms with Crippen molar-refractivity contribution in [2.24, 2.45) is 0 Å². The van der Waals surface area contributed by atoms with Crippen LogP contribution in [-0.2, 0) is 16.6 Å². The number of piperazine rings is 1. The summed E-state index contributed by atoms with van der Waals surface area (Å²) < 4.78 is 41.8. The lowest BCUT2D eigenvalue weighted by Crippen LogP contribution is -2.46. The molecule has 2 aliphatic rings. The molecule has 2 aliphatic heterocycles. The van der Waals surface area contributed by atoms with Crippen LogP contribution in [0.5, 0.6) is 11.5 Å². The van der Waals surface area contributed by atoms with Crippen LogP contribution in [0.15, 0.2) is 150 Å². The molecule has 3 heterocycles. The maximum Gasteiger partial charge on any atom is 0.293 e. The summed E-state index contributed by atoms with van der Waals surface area (Å²) in [7, 11) is -2.36. The number of halogens is 1. The van der Waals surface area contributed by atoms with Crippen LogP contribution in [-0.4, -0.2) is 86.6 Å². The second-order valence-electron chi connectivity index (χ2n) is 16.1. The number of nitro groups is 1. The summed E-state index contributed by atoms with van der Waals surface area (Å²) in [5.74, 6) is 2.02. The van der Waals surface area contributed by atoms with Gasteiger partial charge in [-0.25, -0.2) is 18.4 Å². The summed E-state index contributed by atoms with van der Waals surface area (Å²) in [5, 5.41) is 17.2. The first-order valence-electron chi connectivity index (χ1n) is 21.5. The fraction of sp³-hybridized carbons (Fsp3) is 0.224. The van der Waals surface area contributed by atoms with E-state index in [9.17, 15) is 18.5 Å². The minimum absolute atomic E-state index is 0.0729. The highest BCUT2D eigenvalue weighted by atomic mass is 35.5. The number of thioether (sulfide) groups is 1. The predicted octanol–water partition coefficient (Wildman–Crippen LogP) is 9.81. The topological polar surface area (TPSA) is 155 Å². The van der Waals surface area contributed by atoms with E-state index in [1.165, 1.54) is 29.6 Å². The molecular weight excluding hydrogens is 896 g/mol. The van der Waals surface area contributed by atoms with E-state index in [-0.39, 0.29) is 34.9 Å². The smallest absolute Gasteiger partial charge is 0.293 e. The molecule has 0 saturated carbocycles. The molecule has 338 valence electrons. The first-order valence-corrected chi connectivity index (χ1v) is 24.3. The van der Waals surface area contributed by atoms with Gasteiger partial charge in [0.05, 0.1) is 21.0 Å². The number of ether oxygens (including phenoxy) is 2. The van der Waals surface area contributed by atoms with E-state index in [1.54, 1.807) is 11.8 Å². The molecule has 0 bridgehead atoms. The molecule has 0 aliphatic carbocycles. The Labute approximate surface area is 392 Å². The molecule has 17 heteroatoms. The van der Waals surface area contributed by atoms with Crippen LogP contribution in [0.2, 0.25) is 5.02 Å². The van der Waals surface area contributed by atoms with Crippen LogP contribution in [0, 0.1) is 10.1 Å². The Hall–Kier alpha value is -6.59. The summed E-state index contributed by atoms with van der Waals surface area (Å²) in [6.45, 7) is 4.87. The summed E-state index contributed by atoms with van der Waals surface area (Å²) in [6, 6.07) is 41.4. The second kappa shape index (κ2) is 19.9. The zero-order chi connectivity index (χ0) is 45.6. The van der Waals surface area contributed by atoms with Crippen LogP contribution in [0.4, 0.5) is 28.6 Å². The number of anilines is 4. The van der Waals surface area contributed by atoms with Crippen LogP contribution in [0.3, 0.4) is 0 Å². The first kappa shape index (κ1) is 44.6. The van der Waals surface area contributed by atoms with E-state index in [4.69, 9.17) is 21.1 Å². The Morgan fingerprint density at radius 2 is 1.67 bits per heavy atom. The number of sulfonamides is 1. The third-order valence-corrected chi connectivity index (χ3v) is 14.5. The average Bonchev–Trinajstić information content (AvgIpc) is 3.83. The Balaban J connectivity index is 0.873. The minimum atomic E-state index is -4.32. The Kier molecular flexibility index (Phi) is 13.4. The van der Waals surface area contributed by atoms with Crippen molar-refractivity contribution in [3.05, 3.63) is 160 Å². The van der Waals surface area contributed by atoms with Gasteiger partial charge in [-0.3, -0.25) is 19.7 Å². The highest BCUT2D eigenvalue weighted by Gasteiger charge is 2.26. The van der Waals surface area contributed by atoms with Crippen molar-refractivity contribution in [3.63, 3.8) is 0 Å². The van der Waals surface area contributed by atoms with E-state index in [0.717, 1.165) is 60.6 Å². The van der Waals surface area contributed by atoms with Gasteiger partial charge in [-0.05, 0) is 89.8 Å². The number of rotatable bonds is 17. The fourth-order valence-corrected chi connectivity index (χ4v) is 10.4. The van der Waals surface area contributed by atoms with Crippen LogP contribution in [0.1, 0.15) is 12.0 Å². The Bertz CT molecular complexity index is 2960. The number of benzene rings is 6. The van der Waals surface area contributed by atoms with E-state index < -0.39 is 14.9 Å². The van der Waals surface area contributed by atoms with Gasteiger partial charge in [0.15, 0.2) is 17.3 Å². The van der Waals surface area contributed by atoms with Gasteiger partial charge in [-0.1, -0.05) is 72.3 Å². The van der Waals surface area contributed by atoms with E-state index in [1.807, 2.05) is 85.9 Å². The SMILES string of the molecule is CN(CC[C@H](CSc1ccccc1)Nc1ccc(S(=O)(=O)Nc2ncnc3cc(N4CCN(Cc5ccccc5-c5ccc(Cl)cc5)CC4)ccc23)cc1[N+](=O)[O-])c1cccc2c1OCO2. The summed E-state index contributed by atoms with van der Waals surface area (Å²) >= 11 is 7.78. The standard InChI is InChI=1S/C49H47ClN8O6S2/c1-55(45-12-7-13-47-48(45)64-33-63-47)23-22-37(31-65-39-9-3-2-4-10-39)53-43-21-19-40(29-46(43)58(59)60)66(61,62)54-49-42-20-18-38(28-44(42)51-32-52-49)57-26-24-56(25-27-57)30-35-8-5-6-11-41(35)34-14-16-36(50)17-15-34/h2-21,28-29,32,37,53H,22-27,30-31,33H2,1H3,(H,51,52,54)/t37-/m1/s1. The highest BCUT2D eigenvalue weighted by Crippen LogP contribution is 2.41. The van der Waals surface area contributed by atoms with E-state index in [0.29, 0.717) is 46.1 Å². The molecule has 7 aromatic rings. The number of aromatic nitrogens is 2. The molecular formula is C49H47ClN8O6S2. The minimum Gasteiger partial charge on any atom is -0.454 e. The van der Waals surface area contributed by atoms with Crippen LogP contribution in [0.25, 0.3) is 22.0 Å². The normalized spacial score (nSPS) is 14.2. The van der Waals surface area contributed by atoms with Crippen molar-refractivity contribution < 1.29 is 22.8 Å². The predicted molar refractivity (Wildman–Crippen MR) is 263 cm³/mol. The van der Waals surface area contributed by atoms with Crippen LogP contribution >= 0.6 is 23.4 Å². The lowest BCUT2D eigenvalue weighted by atomic mass is 9.99. The summed E-state index contributed by atoms with van der Waals surface area (Å²) in [4.78, 5) is 28.4. The summed E-state index contributed by atoms with van der Waals surface area (Å²) in [6.07, 6.45) is 1.91. The van der Waals surface area contributed by atoms with Crippen molar-refractivity contribution in [1.29, 1.82) is 0 Å². The van der Waals surface area contributed by atoms with Crippen molar-refractivity contribution in [3.8, 4) is 22.6 Å². The van der Waals surface area contributed by atoms with Gasteiger partial charge >= 0.3 is 0 Å². The molecule has 0 unspecified atom stereocenters. The maximum atomic E-state index is 13.9. The lowest BCUT2D eigenvalue weighted by molar-refractivity contribution is -0.384. The number of para-hydroxylation sites is 1. The zero-order valence-corrected chi connectivity index (χ0v) is 38.4. The number of hydrogen-bond donors (Lipinski definition) is 2. The fourth-order valence-electron chi connectivity index (χ4n) is 8.25. The number of nitrogens with zero attached hydrogens (tertiary/aromatic N) is 6. The largest absolute Gasteiger partial charge is 0.454 e. The highest BCUT2D eigenvalue weighted by molar-refractivity contribution is 7.99. The lowest BCUT2D eigenvalue weighted by Gasteiger charge is -2.36. The molecule has 0 spiro atoms. The van der Waals surface area contributed by atoms with Gasteiger partial charge in [-0.2, -0.15) is 0 Å². The monoisotopic (exact) mass is 942 g/mol. The van der Waals surface area contributed by atoms with Gasteiger partial charge in [0.2, 0.25) is 6.79 Å². The molecule has 6 aromatic carbocycles. The third-order valence-electron chi connectivity index (χ3n) is 11.8. The molecule has 66 heavy (non-hydrogen) atoms. The maximum absolute atomic E-state index is 13.9. The quantitative estimate of drug-likeness (QED) is 0.0506. The molecule has 1 saturated heterocycles. The molecule has 1 atom stereocenters. The van der Waals surface area contributed by atoms with Gasteiger partial charge in [-0.15, -0.1) is 11.8 Å². The Morgan fingerprint density at radius 3 is 2.47 bits per heavy atom. The number of nitro benzene ring substituents is 1. The number of fused-ring (bicyclic) bond motifs is 2. The molecule has 14 nitrogen and oxygen atoms in total. The number of hydrogen-bond acceptors (Lipinski definition) is 13. The van der Waals surface area contributed by atoms with E-state index in [2.05, 4.69) is 71.1 Å². The number of nitrogens with one attached hydrogen (secondary N) is 2. The molecule has 0 radical (unpaired) electrons. The molecule has 0 amide bonds. The van der Waals surface area contributed by atoms with Crippen molar-refractivity contribution in [1.82, 2.24) is 14.9 Å². The van der Waals surface area contributed by atoms with Gasteiger partial charge < -0.3 is 24.6 Å². The van der Waals surface area contributed by atoms with Crippen LogP contribution < -0.4 is 29.3 Å². The van der Waals surface area contributed by atoms with Gasteiger partial charge in [0, 0.05) is 85.2 Å². The first-order chi connectivity index (χ1) is 32.1. The van der Waals surface area contributed by atoms with Crippen molar-refractivity contribution in [2.75, 3.05) is 72.2 Å². The molecule has 9 rings (SSSR count). The van der Waals surface area contributed by atoms with Crippen molar-refractivity contribution >= 4 is 72.9 Å². The Morgan fingerprint density at radius 1 is 0.879 bits per heavy atom. The van der Waals surface area contributed by atoms with Gasteiger partial charge in [0.25, 0.3) is 15.7 Å². The summed E-state index contributed by atoms with van der Waals surface area (Å²) in [5.41, 5.74) is 5.83. The third kappa shape index (κ3) is 10.3. The van der Waals surface area contributed by atoms with Crippen molar-refractivity contribution in [2.45, 2.75) is 28.8 Å². The molecule has 2 N–H and O–H groups in total. The molecule has 1 aromatic heterocycles. The zero-order valence-electron chi connectivity index (χ0n) is 36.0. The van der Waals surface area contributed by atoms with Gasteiger partial charge in [0.1, 0.15) is 12.0 Å². The second-order valence-corrected chi connectivity index (χ2v) is 19.3. The average molecular weight is 944 g/mol. The molecule has 1 fully saturated rings.